The number of hydrogen-bond acceptors (Lipinski definition) is 4. The molecule has 1 aromatic carbocycles. The summed E-state index contributed by atoms with van der Waals surface area (Å²) in [5.41, 5.74) is 3.93. The molecular weight excluding hydrogens is 341 g/mol. The fourth-order valence-corrected chi connectivity index (χ4v) is 2.06. The van der Waals surface area contributed by atoms with Crippen molar-refractivity contribution >= 4 is 11.8 Å². The number of benzene rings is 1. The second-order valence-electron chi connectivity index (χ2n) is 5.14. The third-order valence-electron chi connectivity index (χ3n) is 3.09. The van der Waals surface area contributed by atoms with E-state index < -0.39 is 23.7 Å². The van der Waals surface area contributed by atoms with E-state index in [1.807, 2.05) is 0 Å². The summed E-state index contributed by atoms with van der Waals surface area (Å²) >= 11 is 0. The molecule has 0 aliphatic heterocycles. The van der Waals surface area contributed by atoms with Crippen LogP contribution in [0.1, 0.15) is 21.6 Å². The molecule has 134 valence electrons. The van der Waals surface area contributed by atoms with Crippen molar-refractivity contribution < 1.29 is 27.5 Å². The van der Waals surface area contributed by atoms with Crippen molar-refractivity contribution in [2.24, 2.45) is 12.8 Å². The van der Waals surface area contributed by atoms with E-state index in [0.29, 0.717) is 0 Å². The highest BCUT2D eigenvalue weighted by atomic mass is 19.4. The topological polar surface area (TPSA) is 99.2 Å². The monoisotopic (exact) mass is 356 g/mol. The minimum Gasteiger partial charge on any atom is -0.484 e. The van der Waals surface area contributed by atoms with Crippen molar-refractivity contribution in [2.75, 3.05) is 6.61 Å². The van der Waals surface area contributed by atoms with Crippen molar-refractivity contribution in [2.45, 2.75) is 12.7 Å². The van der Waals surface area contributed by atoms with Gasteiger partial charge in [-0.15, -0.1) is 0 Å². The molecule has 2 amide bonds. The van der Waals surface area contributed by atoms with Gasteiger partial charge in [0.25, 0.3) is 11.8 Å². The quantitative estimate of drug-likeness (QED) is 0.813. The number of primary amides is 1. The summed E-state index contributed by atoms with van der Waals surface area (Å²) in [5, 5.41) is 5.76. The number of amides is 2. The van der Waals surface area contributed by atoms with Gasteiger partial charge in [0.05, 0.1) is 0 Å². The summed E-state index contributed by atoms with van der Waals surface area (Å²) in [6, 6.07) is 5.84. The number of aromatic nitrogens is 2. The highest BCUT2D eigenvalue weighted by Gasteiger charge is 2.36. The molecule has 0 aliphatic carbocycles. The van der Waals surface area contributed by atoms with Crippen LogP contribution in [-0.4, -0.2) is 28.2 Å². The van der Waals surface area contributed by atoms with Crippen LogP contribution in [0.5, 0.6) is 5.75 Å². The van der Waals surface area contributed by atoms with Gasteiger partial charge in [-0.05, 0) is 18.2 Å². The maximum atomic E-state index is 12.9. The van der Waals surface area contributed by atoms with Gasteiger partial charge in [-0.1, -0.05) is 6.07 Å². The molecule has 25 heavy (non-hydrogen) atoms. The summed E-state index contributed by atoms with van der Waals surface area (Å²) in [7, 11) is 1.36. The highest BCUT2D eigenvalue weighted by molar-refractivity contribution is 5.94. The van der Waals surface area contributed by atoms with Crippen LogP contribution in [0.3, 0.4) is 0 Å². The molecule has 0 atom stereocenters. The molecule has 0 fully saturated rings. The molecule has 0 unspecified atom stereocenters. The van der Waals surface area contributed by atoms with Crippen LogP contribution in [0.4, 0.5) is 13.2 Å². The Morgan fingerprint density at radius 2 is 2.08 bits per heavy atom. The maximum Gasteiger partial charge on any atom is 0.435 e. The standard InChI is InChI=1S/C15H15F3N4O3/c1-22-7-10(13(21-22)15(16,17)18)6-20-14(24)9-3-2-4-11(5-9)25-8-12(19)23/h2-5,7H,6,8H2,1H3,(H2,19,23)(H,20,24). The van der Waals surface area contributed by atoms with Crippen molar-refractivity contribution in [3.8, 4) is 5.75 Å². The molecule has 0 bridgehead atoms. The van der Waals surface area contributed by atoms with Gasteiger partial charge in [-0.2, -0.15) is 18.3 Å². The van der Waals surface area contributed by atoms with Crippen LogP contribution in [0.2, 0.25) is 0 Å². The molecule has 7 nitrogen and oxygen atoms in total. The van der Waals surface area contributed by atoms with Crippen LogP contribution in [0.15, 0.2) is 30.5 Å². The first-order valence-electron chi connectivity index (χ1n) is 7.06. The molecule has 0 spiro atoms. The third kappa shape index (κ3) is 4.96. The average Bonchev–Trinajstić information content (AvgIpc) is 2.92. The molecule has 0 aliphatic rings. The summed E-state index contributed by atoms with van der Waals surface area (Å²) in [5.74, 6) is -1.03. The van der Waals surface area contributed by atoms with E-state index in [0.717, 1.165) is 4.68 Å². The second-order valence-corrected chi connectivity index (χ2v) is 5.14. The zero-order valence-corrected chi connectivity index (χ0v) is 13.1. The minimum atomic E-state index is -4.61. The number of alkyl halides is 3. The van der Waals surface area contributed by atoms with E-state index in [-0.39, 0.29) is 30.0 Å². The van der Waals surface area contributed by atoms with Crippen molar-refractivity contribution in [1.29, 1.82) is 0 Å². The van der Waals surface area contributed by atoms with Crippen LogP contribution in [0, 0.1) is 0 Å². The Bertz CT molecular complexity index is 787. The number of halogens is 3. The Labute approximate surface area is 140 Å². The van der Waals surface area contributed by atoms with Gasteiger partial charge in [-0.3, -0.25) is 14.3 Å². The summed E-state index contributed by atoms with van der Waals surface area (Å²) in [6.07, 6.45) is -3.42. The van der Waals surface area contributed by atoms with Crippen LogP contribution in [0.25, 0.3) is 0 Å². The number of ether oxygens (including phenoxy) is 1. The van der Waals surface area contributed by atoms with Crippen LogP contribution in [-0.2, 0) is 24.6 Å². The summed E-state index contributed by atoms with van der Waals surface area (Å²) < 4.78 is 44.7. The number of carbonyl (C=O) groups excluding carboxylic acids is 2. The highest BCUT2D eigenvalue weighted by Crippen LogP contribution is 2.30. The zero-order valence-electron chi connectivity index (χ0n) is 13.1. The van der Waals surface area contributed by atoms with E-state index >= 15 is 0 Å². The van der Waals surface area contributed by atoms with Gasteiger partial charge in [0, 0.05) is 30.9 Å². The minimum absolute atomic E-state index is 0.149. The largest absolute Gasteiger partial charge is 0.484 e. The molecule has 1 heterocycles. The SMILES string of the molecule is Cn1cc(CNC(=O)c2cccc(OCC(N)=O)c2)c(C(F)(F)F)n1. The van der Waals surface area contributed by atoms with E-state index in [2.05, 4.69) is 10.4 Å². The van der Waals surface area contributed by atoms with E-state index in [9.17, 15) is 22.8 Å². The molecule has 0 saturated heterocycles. The van der Waals surface area contributed by atoms with Crippen molar-refractivity contribution in [3.05, 3.63) is 47.3 Å². The first kappa shape index (κ1) is 18.3. The number of nitrogens with zero attached hydrogens (tertiary/aromatic N) is 2. The molecule has 2 rings (SSSR count). The summed E-state index contributed by atoms with van der Waals surface area (Å²) in [6.45, 7) is -0.691. The van der Waals surface area contributed by atoms with E-state index in [1.165, 1.54) is 37.5 Å². The van der Waals surface area contributed by atoms with Crippen LogP contribution >= 0.6 is 0 Å². The van der Waals surface area contributed by atoms with Gasteiger partial charge >= 0.3 is 6.18 Å². The molecule has 10 heteroatoms. The van der Waals surface area contributed by atoms with Gasteiger partial charge < -0.3 is 15.8 Å². The van der Waals surface area contributed by atoms with Crippen LogP contribution < -0.4 is 15.8 Å². The number of hydrogen-bond donors (Lipinski definition) is 2. The van der Waals surface area contributed by atoms with E-state index in [1.54, 1.807) is 0 Å². The van der Waals surface area contributed by atoms with Crippen molar-refractivity contribution in [3.63, 3.8) is 0 Å². The zero-order chi connectivity index (χ0) is 18.6. The second kappa shape index (κ2) is 7.24. The lowest BCUT2D eigenvalue weighted by molar-refractivity contribution is -0.142. The van der Waals surface area contributed by atoms with Crippen molar-refractivity contribution in [1.82, 2.24) is 15.1 Å². The molecule has 3 N–H and O–H groups in total. The fraction of sp³-hybridized carbons (Fsp3) is 0.267. The van der Waals surface area contributed by atoms with Gasteiger partial charge in [-0.25, -0.2) is 0 Å². The predicted molar refractivity (Wildman–Crippen MR) is 80.5 cm³/mol. The number of nitrogens with two attached hydrogens (primary N) is 1. The van der Waals surface area contributed by atoms with Gasteiger partial charge in [0.15, 0.2) is 12.3 Å². The predicted octanol–water partition coefficient (Wildman–Crippen LogP) is 1.23. The molecule has 2 aromatic rings. The number of nitrogens with one attached hydrogen (secondary N) is 1. The smallest absolute Gasteiger partial charge is 0.435 e. The molecule has 0 radical (unpaired) electrons. The Balaban J connectivity index is 2.06. The Morgan fingerprint density at radius 3 is 2.72 bits per heavy atom. The molecule has 1 aromatic heterocycles. The lowest BCUT2D eigenvalue weighted by atomic mass is 10.2. The lowest BCUT2D eigenvalue weighted by Gasteiger charge is -2.09. The average molecular weight is 356 g/mol. The fourth-order valence-electron chi connectivity index (χ4n) is 2.06. The van der Waals surface area contributed by atoms with E-state index in [4.69, 9.17) is 10.5 Å². The first-order chi connectivity index (χ1) is 11.7. The Morgan fingerprint density at radius 1 is 1.36 bits per heavy atom. The molecular formula is C15H15F3N4O3. The lowest BCUT2D eigenvalue weighted by Crippen LogP contribution is -2.24. The third-order valence-corrected chi connectivity index (χ3v) is 3.09. The Kier molecular flexibility index (Phi) is 5.30. The normalized spacial score (nSPS) is 11.2. The Hall–Kier alpha value is -3.04. The maximum absolute atomic E-state index is 12.9. The first-order valence-corrected chi connectivity index (χ1v) is 7.06. The van der Waals surface area contributed by atoms with Gasteiger partial charge in [0.2, 0.25) is 0 Å². The van der Waals surface area contributed by atoms with Gasteiger partial charge in [0.1, 0.15) is 5.75 Å². The summed E-state index contributed by atoms with van der Waals surface area (Å²) in [4.78, 5) is 22.8. The number of carbonyl (C=O) groups is 2. The molecule has 0 saturated carbocycles. The number of rotatable bonds is 6. The number of aryl methyl sites for hydroxylation is 1.